The highest BCUT2D eigenvalue weighted by molar-refractivity contribution is 5.32. The van der Waals surface area contributed by atoms with Crippen LogP contribution in [0.25, 0.3) is 0 Å². The molecule has 0 radical (unpaired) electrons. The van der Waals surface area contributed by atoms with Gasteiger partial charge in [-0.05, 0) is 43.9 Å². The second-order valence-electron chi connectivity index (χ2n) is 5.37. The third kappa shape index (κ3) is 1.01. The minimum absolute atomic E-state index is 0.146. The first-order valence-corrected chi connectivity index (χ1v) is 6.46. The molecule has 4 heterocycles. The summed E-state index contributed by atoms with van der Waals surface area (Å²) in [5.74, 6) is 1.24. The quantitative estimate of drug-likeness (QED) is 0.715. The maximum atomic E-state index is 5.81. The zero-order valence-corrected chi connectivity index (χ0v) is 9.54. The largest absolute Gasteiger partial charge is 0.467 e. The van der Waals surface area contributed by atoms with E-state index < -0.39 is 0 Å². The lowest BCUT2D eigenvalue weighted by atomic mass is 9.81. The Morgan fingerprint density at radius 3 is 3.44 bits per heavy atom. The van der Waals surface area contributed by atoms with E-state index in [4.69, 9.17) is 4.42 Å². The van der Waals surface area contributed by atoms with Crippen molar-refractivity contribution in [3.63, 3.8) is 0 Å². The molecule has 1 aromatic rings. The Balaban J connectivity index is 1.83. The minimum atomic E-state index is 0.146. The van der Waals surface area contributed by atoms with Crippen LogP contribution in [0.15, 0.2) is 16.7 Å². The first kappa shape index (κ1) is 9.25. The van der Waals surface area contributed by atoms with Gasteiger partial charge in [-0.15, -0.1) is 0 Å². The molecule has 2 unspecified atom stereocenters. The van der Waals surface area contributed by atoms with Crippen molar-refractivity contribution in [2.75, 3.05) is 19.6 Å². The van der Waals surface area contributed by atoms with Crippen molar-refractivity contribution in [1.29, 1.82) is 0 Å². The highest BCUT2D eigenvalue weighted by Gasteiger charge is 2.53. The van der Waals surface area contributed by atoms with Crippen LogP contribution in [0.2, 0.25) is 0 Å². The fourth-order valence-electron chi connectivity index (χ4n) is 4.03. The molecule has 0 bridgehead atoms. The Morgan fingerprint density at radius 1 is 1.44 bits per heavy atom. The van der Waals surface area contributed by atoms with Gasteiger partial charge in [0.15, 0.2) is 0 Å². The fraction of sp³-hybridized carbons (Fsp3) is 0.692. The van der Waals surface area contributed by atoms with Crippen molar-refractivity contribution >= 4 is 0 Å². The number of hydrogen-bond donors (Lipinski definition) is 1. The molecular weight excluding hydrogens is 200 g/mol. The molecule has 1 aromatic heterocycles. The van der Waals surface area contributed by atoms with E-state index in [0.29, 0.717) is 6.04 Å². The van der Waals surface area contributed by atoms with E-state index in [1.807, 2.05) is 6.26 Å². The van der Waals surface area contributed by atoms with Crippen molar-refractivity contribution in [2.45, 2.75) is 37.3 Å². The topological polar surface area (TPSA) is 28.4 Å². The summed E-state index contributed by atoms with van der Waals surface area (Å²) in [6.45, 7) is 3.62. The van der Waals surface area contributed by atoms with Crippen LogP contribution in [-0.4, -0.2) is 30.6 Å². The second kappa shape index (κ2) is 3.11. The van der Waals surface area contributed by atoms with Crippen LogP contribution in [0.4, 0.5) is 0 Å². The lowest BCUT2D eigenvalue weighted by Gasteiger charge is -2.38. The van der Waals surface area contributed by atoms with Crippen LogP contribution in [0.5, 0.6) is 0 Å². The molecule has 16 heavy (non-hydrogen) atoms. The van der Waals surface area contributed by atoms with E-state index >= 15 is 0 Å². The summed E-state index contributed by atoms with van der Waals surface area (Å²) in [7, 11) is 0. The van der Waals surface area contributed by atoms with Crippen LogP contribution in [0.3, 0.4) is 0 Å². The number of furan rings is 1. The average Bonchev–Trinajstić information content (AvgIpc) is 2.97. The van der Waals surface area contributed by atoms with Gasteiger partial charge in [-0.2, -0.15) is 0 Å². The summed E-state index contributed by atoms with van der Waals surface area (Å²) in [5.41, 5.74) is 1.58. The van der Waals surface area contributed by atoms with Crippen LogP contribution in [-0.2, 0) is 12.0 Å². The number of fused-ring (bicyclic) bond motifs is 4. The first-order valence-electron chi connectivity index (χ1n) is 6.46. The van der Waals surface area contributed by atoms with Crippen LogP contribution >= 0.6 is 0 Å². The van der Waals surface area contributed by atoms with Crippen molar-refractivity contribution in [1.82, 2.24) is 10.2 Å². The summed E-state index contributed by atoms with van der Waals surface area (Å²) in [4.78, 5) is 2.64. The van der Waals surface area contributed by atoms with Gasteiger partial charge >= 0.3 is 0 Å². The SMILES string of the molecule is c1cc2c(o1)C1(CCN3CCCC31)NCC2. The van der Waals surface area contributed by atoms with Crippen LogP contribution in [0, 0.1) is 0 Å². The van der Waals surface area contributed by atoms with E-state index in [0.717, 1.165) is 13.0 Å². The smallest absolute Gasteiger partial charge is 0.128 e. The van der Waals surface area contributed by atoms with Gasteiger partial charge in [-0.3, -0.25) is 4.90 Å². The Morgan fingerprint density at radius 2 is 2.44 bits per heavy atom. The van der Waals surface area contributed by atoms with E-state index in [2.05, 4.69) is 16.3 Å². The molecule has 2 fully saturated rings. The molecule has 3 aliphatic heterocycles. The maximum absolute atomic E-state index is 5.81. The number of nitrogens with one attached hydrogen (secondary N) is 1. The lowest BCUT2D eigenvalue weighted by Crippen LogP contribution is -2.53. The Labute approximate surface area is 95.8 Å². The predicted octanol–water partition coefficient (Wildman–Crippen LogP) is 1.49. The molecule has 3 heteroatoms. The molecule has 1 N–H and O–H groups in total. The summed E-state index contributed by atoms with van der Waals surface area (Å²) >= 11 is 0. The molecule has 2 atom stereocenters. The summed E-state index contributed by atoms with van der Waals surface area (Å²) in [6, 6.07) is 2.84. The lowest BCUT2D eigenvalue weighted by molar-refractivity contribution is 0.185. The zero-order valence-electron chi connectivity index (χ0n) is 9.54. The third-order valence-corrected chi connectivity index (χ3v) is 4.71. The van der Waals surface area contributed by atoms with Crippen molar-refractivity contribution in [2.24, 2.45) is 0 Å². The number of rotatable bonds is 0. The molecule has 0 aromatic carbocycles. The predicted molar refractivity (Wildman–Crippen MR) is 61.3 cm³/mol. The highest BCUT2D eigenvalue weighted by atomic mass is 16.3. The normalized spacial score (nSPS) is 37.9. The van der Waals surface area contributed by atoms with Gasteiger partial charge < -0.3 is 9.73 Å². The summed E-state index contributed by atoms with van der Waals surface area (Å²) < 4.78 is 5.81. The maximum Gasteiger partial charge on any atom is 0.128 e. The van der Waals surface area contributed by atoms with Crippen molar-refractivity contribution < 1.29 is 4.42 Å². The molecule has 3 nitrogen and oxygen atoms in total. The summed E-state index contributed by atoms with van der Waals surface area (Å²) in [5, 5.41) is 3.77. The van der Waals surface area contributed by atoms with E-state index in [-0.39, 0.29) is 5.54 Å². The average molecular weight is 218 g/mol. The second-order valence-corrected chi connectivity index (χ2v) is 5.37. The zero-order chi connectivity index (χ0) is 10.6. The van der Waals surface area contributed by atoms with Gasteiger partial charge in [0.25, 0.3) is 0 Å². The van der Waals surface area contributed by atoms with E-state index in [1.165, 1.54) is 43.7 Å². The van der Waals surface area contributed by atoms with E-state index in [9.17, 15) is 0 Å². The number of nitrogens with zero attached hydrogens (tertiary/aromatic N) is 1. The molecule has 2 saturated heterocycles. The van der Waals surface area contributed by atoms with Gasteiger partial charge in [0.1, 0.15) is 5.76 Å². The van der Waals surface area contributed by atoms with E-state index in [1.54, 1.807) is 0 Å². The Bertz CT molecular complexity index is 414. The molecule has 0 aliphatic carbocycles. The molecule has 3 aliphatic rings. The summed E-state index contributed by atoms with van der Waals surface area (Å²) in [6.07, 6.45) is 6.90. The van der Waals surface area contributed by atoms with Gasteiger partial charge in [-0.1, -0.05) is 0 Å². The Kier molecular flexibility index (Phi) is 1.80. The van der Waals surface area contributed by atoms with Gasteiger partial charge in [0.05, 0.1) is 11.8 Å². The molecule has 0 saturated carbocycles. The fourth-order valence-corrected chi connectivity index (χ4v) is 4.03. The molecule has 0 amide bonds. The minimum Gasteiger partial charge on any atom is -0.467 e. The first-order chi connectivity index (χ1) is 7.90. The molecular formula is C13H18N2O. The number of hydrogen-bond acceptors (Lipinski definition) is 3. The molecule has 1 spiro atoms. The van der Waals surface area contributed by atoms with Crippen molar-refractivity contribution in [3.05, 3.63) is 23.7 Å². The third-order valence-electron chi connectivity index (χ3n) is 4.71. The van der Waals surface area contributed by atoms with Crippen LogP contribution in [0.1, 0.15) is 30.6 Å². The van der Waals surface area contributed by atoms with Gasteiger partial charge in [-0.25, -0.2) is 0 Å². The van der Waals surface area contributed by atoms with Crippen molar-refractivity contribution in [3.8, 4) is 0 Å². The van der Waals surface area contributed by atoms with Gasteiger partial charge in [0, 0.05) is 19.1 Å². The Hall–Kier alpha value is -0.800. The molecule has 86 valence electrons. The standard InChI is InChI=1S/C13H18N2O/c1-2-11-13(5-8-15(11)7-1)12-10(3-6-14-13)4-9-16-12/h4,9,11,14H,1-3,5-8H2. The van der Waals surface area contributed by atoms with Gasteiger partial charge in [0.2, 0.25) is 0 Å². The highest BCUT2D eigenvalue weighted by Crippen LogP contribution is 2.45. The monoisotopic (exact) mass is 218 g/mol. The van der Waals surface area contributed by atoms with Crippen LogP contribution < -0.4 is 5.32 Å². The molecule has 4 rings (SSSR count).